The van der Waals surface area contributed by atoms with Crippen LogP contribution in [0.5, 0.6) is 0 Å². The maximum Gasteiger partial charge on any atom is 0.490 e. The molecule has 8 nitrogen and oxygen atoms in total. The Hall–Kier alpha value is -2.56. The van der Waals surface area contributed by atoms with E-state index in [-0.39, 0.29) is 0 Å². The third-order valence-corrected chi connectivity index (χ3v) is 4.93. The minimum atomic E-state index is -5.08. The summed E-state index contributed by atoms with van der Waals surface area (Å²) in [5.41, 5.74) is 8.95. The molecule has 4 N–H and O–H groups in total. The van der Waals surface area contributed by atoms with Crippen LogP contribution in [0.3, 0.4) is 0 Å². The maximum atomic E-state index is 10.6. The van der Waals surface area contributed by atoms with Crippen LogP contribution in [0.2, 0.25) is 0 Å². The Labute approximate surface area is 158 Å². The van der Waals surface area contributed by atoms with Gasteiger partial charge in [-0.05, 0) is 32.7 Å². The molecule has 154 valence electrons. The van der Waals surface area contributed by atoms with E-state index in [0.717, 1.165) is 55.0 Å². The first-order valence-corrected chi connectivity index (χ1v) is 9.00. The molecule has 2 aromatic heterocycles. The first kappa shape index (κ1) is 20.2. The van der Waals surface area contributed by atoms with Crippen LogP contribution in [0, 0.1) is 0 Å². The number of hydrogen-bond acceptors (Lipinski definition) is 7. The SMILES string of the molecule is CN[C@@H]1CCN(c2nc(N)nc3c4c(oc23)CCCC4)C1.O=C(O)C(F)(F)F. The molecule has 1 aliphatic carbocycles. The predicted molar refractivity (Wildman–Crippen MR) is 96.2 cm³/mol. The zero-order valence-electron chi connectivity index (χ0n) is 15.3. The fourth-order valence-electron chi connectivity index (χ4n) is 3.52. The van der Waals surface area contributed by atoms with Gasteiger partial charge in [-0.25, -0.2) is 9.78 Å². The molecule has 0 saturated carbocycles. The molecule has 1 saturated heterocycles. The van der Waals surface area contributed by atoms with E-state index >= 15 is 0 Å². The highest BCUT2D eigenvalue weighted by Crippen LogP contribution is 2.36. The van der Waals surface area contributed by atoms with Crippen molar-refractivity contribution >= 4 is 28.8 Å². The second-order valence-corrected chi connectivity index (χ2v) is 6.82. The average Bonchev–Trinajstić information content (AvgIpc) is 3.25. The first-order chi connectivity index (χ1) is 13.2. The Balaban J connectivity index is 0.000000279. The summed E-state index contributed by atoms with van der Waals surface area (Å²) in [5, 5.41) is 10.5. The van der Waals surface area contributed by atoms with Gasteiger partial charge in [0.15, 0.2) is 11.4 Å². The molecule has 28 heavy (non-hydrogen) atoms. The lowest BCUT2D eigenvalue weighted by Crippen LogP contribution is -2.30. The van der Waals surface area contributed by atoms with Gasteiger partial charge in [0.1, 0.15) is 11.3 Å². The Morgan fingerprint density at radius 3 is 2.61 bits per heavy atom. The number of nitrogen functional groups attached to an aromatic ring is 1. The lowest BCUT2D eigenvalue weighted by molar-refractivity contribution is -0.192. The third-order valence-electron chi connectivity index (χ3n) is 4.93. The third kappa shape index (κ3) is 4.13. The standard InChI is InChI=1S/C15H21N5O.C2HF3O2/c1-17-9-6-7-20(8-9)14-13-12(18-15(16)19-14)10-4-2-3-5-11(10)21-13;3-2(4,5)1(6)7/h9,17H,2-8H2,1H3,(H2,16,18,19);(H,6,7)/t9-;/m1./s1. The molecule has 2 aliphatic rings. The van der Waals surface area contributed by atoms with Crippen LogP contribution in [0.25, 0.3) is 11.1 Å². The van der Waals surface area contributed by atoms with E-state index in [4.69, 9.17) is 20.1 Å². The lowest BCUT2D eigenvalue weighted by Gasteiger charge is -2.17. The summed E-state index contributed by atoms with van der Waals surface area (Å²) in [6.07, 6.45) is 0.465. The predicted octanol–water partition coefficient (Wildman–Crippen LogP) is 2.12. The van der Waals surface area contributed by atoms with E-state index in [2.05, 4.69) is 20.2 Å². The molecule has 1 fully saturated rings. The number of nitrogens with one attached hydrogen (secondary N) is 1. The Morgan fingerprint density at radius 1 is 1.32 bits per heavy atom. The number of likely N-dealkylation sites (N-methyl/N-ethyl adjacent to an activating group) is 1. The molecule has 0 spiro atoms. The van der Waals surface area contributed by atoms with Crippen molar-refractivity contribution in [3.63, 3.8) is 0 Å². The molecule has 1 aliphatic heterocycles. The summed E-state index contributed by atoms with van der Waals surface area (Å²) >= 11 is 0. The van der Waals surface area contributed by atoms with Crippen LogP contribution in [0.4, 0.5) is 24.9 Å². The average molecular weight is 401 g/mol. The van der Waals surface area contributed by atoms with Crippen molar-refractivity contribution in [3.05, 3.63) is 11.3 Å². The van der Waals surface area contributed by atoms with Gasteiger partial charge in [0.2, 0.25) is 5.95 Å². The van der Waals surface area contributed by atoms with Gasteiger partial charge in [0.25, 0.3) is 0 Å². The van der Waals surface area contributed by atoms with Crippen molar-refractivity contribution < 1.29 is 27.5 Å². The van der Waals surface area contributed by atoms with Crippen LogP contribution in [-0.2, 0) is 17.6 Å². The largest absolute Gasteiger partial charge is 0.490 e. The van der Waals surface area contributed by atoms with Crippen LogP contribution in [-0.4, -0.2) is 53.4 Å². The molecule has 2 aromatic rings. The molecule has 0 unspecified atom stereocenters. The van der Waals surface area contributed by atoms with Gasteiger partial charge in [-0.1, -0.05) is 0 Å². The van der Waals surface area contributed by atoms with Crippen LogP contribution >= 0.6 is 0 Å². The number of furan rings is 1. The molecule has 0 aromatic carbocycles. The van der Waals surface area contributed by atoms with Gasteiger partial charge in [-0.2, -0.15) is 18.2 Å². The van der Waals surface area contributed by atoms with Crippen molar-refractivity contribution in [1.82, 2.24) is 15.3 Å². The molecule has 0 radical (unpaired) electrons. The topological polar surface area (TPSA) is 118 Å². The number of halogens is 3. The van der Waals surface area contributed by atoms with E-state index in [1.165, 1.54) is 18.4 Å². The van der Waals surface area contributed by atoms with Crippen molar-refractivity contribution in [2.45, 2.75) is 44.3 Å². The molecular formula is C17H22F3N5O3. The van der Waals surface area contributed by atoms with E-state index in [1.54, 1.807) is 0 Å². The Bertz CT molecular complexity index is 868. The number of aromatic nitrogens is 2. The minimum absolute atomic E-state index is 0.347. The summed E-state index contributed by atoms with van der Waals surface area (Å²) in [6.45, 7) is 1.91. The molecule has 0 amide bonds. The number of carboxylic acid groups (broad SMARTS) is 1. The number of anilines is 2. The van der Waals surface area contributed by atoms with Gasteiger partial charge < -0.3 is 25.5 Å². The summed E-state index contributed by atoms with van der Waals surface area (Å²) in [4.78, 5) is 20.1. The molecule has 4 rings (SSSR count). The number of carboxylic acids is 1. The second kappa shape index (κ2) is 7.82. The molecule has 1 atom stereocenters. The zero-order chi connectivity index (χ0) is 20.5. The van der Waals surface area contributed by atoms with E-state index in [0.29, 0.717) is 12.0 Å². The highest BCUT2D eigenvalue weighted by molar-refractivity contribution is 5.89. The van der Waals surface area contributed by atoms with E-state index in [9.17, 15) is 13.2 Å². The number of fused-ring (bicyclic) bond motifs is 3. The molecule has 0 bridgehead atoms. The zero-order valence-corrected chi connectivity index (χ0v) is 15.3. The lowest BCUT2D eigenvalue weighted by atomic mass is 9.98. The van der Waals surface area contributed by atoms with E-state index in [1.807, 2.05) is 7.05 Å². The number of nitrogens with zero attached hydrogens (tertiary/aromatic N) is 3. The van der Waals surface area contributed by atoms with Gasteiger partial charge >= 0.3 is 12.1 Å². The molecule has 11 heteroatoms. The number of aliphatic carboxylic acids is 1. The quantitative estimate of drug-likeness (QED) is 0.701. The highest BCUT2D eigenvalue weighted by Gasteiger charge is 2.38. The van der Waals surface area contributed by atoms with Crippen molar-refractivity contribution in [2.75, 3.05) is 30.8 Å². The van der Waals surface area contributed by atoms with Crippen molar-refractivity contribution in [1.29, 1.82) is 0 Å². The minimum Gasteiger partial charge on any atom is -0.475 e. The number of aryl methyl sites for hydroxylation is 2. The number of rotatable bonds is 2. The summed E-state index contributed by atoms with van der Waals surface area (Å²) in [6, 6.07) is 0.501. The molecular weight excluding hydrogens is 379 g/mol. The summed E-state index contributed by atoms with van der Waals surface area (Å²) < 4.78 is 37.9. The van der Waals surface area contributed by atoms with Gasteiger partial charge in [0.05, 0.1) is 0 Å². The Kier molecular flexibility index (Phi) is 5.64. The van der Waals surface area contributed by atoms with Crippen molar-refractivity contribution in [3.8, 4) is 0 Å². The number of hydrogen-bond donors (Lipinski definition) is 3. The van der Waals surface area contributed by atoms with E-state index < -0.39 is 12.1 Å². The summed E-state index contributed by atoms with van der Waals surface area (Å²) in [7, 11) is 2.00. The van der Waals surface area contributed by atoms with Gasteiger partial charge in [-0.3, -0.25) is 0 Å². The highest BCUT2D eigenvalue weighted by atomic mass is 19.4. The van der Waals surface area contributed by atoms with Crippen LogP contribution in [0.1, 0.15) is 30.6 Å². The molecule has 3 heterocycles. The fraction of sp³-hybridized carbons (Fsp3) is 0.588. The maximum absolute atomic E-state index is 10.6. The second-order valence-electron chi connectivity index (χ2n) is 6.82. The number of alkyl halides is 3. The fourth-order valence-corrected chi connectivity index (χ4v) is 3.52. The van der Waals surface area contributed by atoms with Crippen LogP contribution < -0.4 is 16.0 Å². The number of carbonyl (C=O) groups is 1. The Morgan fingerprint density at radius 2 is 2.00 bits per heavy atom. The number of nitrogens with two attached hydrogens (primary N) is 1. The normalized spacial score (nSPS) is 19.3. The smallest absolute Gasteiger partial charge is 0.475 e. The van der Waals surface area contributed by atoms with Gasteiger partial charge in [-0.15, -0.1) is 0 Å². The first-order valence-electron chi connectivity index (χ1n) is 9.00. The monoisotopic (exact) mass is 401 g/mol. The summed E-state index contributed by atoms with van der Waals surface area (Å²) in [5.74, 6) is -0.460. The van der Waals surface area contributed by atoms with Crippen LogP contribution in [0.15, 0.2) is 4.42 Å². The van der Waals surface area contributed by atoms with Crippen molar-refractivity contribution in [2.24, 2.45) is 0 Å². The van der Waals surface area contributed by atoms with Gasteiger partial charge in [0, 0.05) is 31.1 Å².